The monoisotopic (exact) mass is 303 g/mol. The Bertz CT molecular complexity index is 376. The number of hydrogen-bond acceptors (Lipinski definition) is 2. The predicted molar refractivity (Wildman–Crippen MR) is 79.3 cm³/mol. The molecule has 0 heterocycles. The SMILES string of the molecule is COc1ccc(CCC(=O)N(CCCl)CCCl)cc1. The van der Waals surface area contributed by atoms with Crippen LogP contribution >= 0.6 is 23.2 Å². The van der Waals surface area contributed by atoms with Gasteiger partial charge in [0.2, 0.25) is 5.91 Å². The highest BCUT2D eigenvalue weighted by molar-refractivity contribution is 6.18. The first kappa shape index (κ1) is 16.1. The number of aryl methyl sites for hydroxylation is 1. The summed E-state index contributed by atoms with van der Waals surface area (Å²) in [6.45, 7) is 1.10. The molecule has 5 heteroatoms. The zero-order chi connectivity index (χ0) is 14.1. The van der Waals surface area contributed by atoms with Crippen molar-refractivity contribution < 1.29 is 9.53 Å². The van der Waals surface area contributed by atoms with E-state index in [9.17, 15) is 4.79 Å². The highest BCUT2D eigenvalue weighted by Crippen LogP contribution is 2.13. The van der Waals surface area contributed by atoms with E-state index in [1.54, 1.807) is 12.0 Å². The number of alkyl halides is 2. The van der Waals surface area contributed by atoms with Crippen LogP contribution < -0.4 is 4.74 Å². The molecule has 0 unspecified atom stereocenters. The van der Waals surface area contributed by atoms with Crippen LogP contribution in [-0.2, 0) is 11.2 Å². The van der Waals surface area contributed by atoms with Gasteiger partial charge in [0.05, 0.1) is 7.11 Å². The summed E-state index contributed by atoms with van der Waals surface area (Å²) in [5.74, 6) is 1.79. The number of carbonyl (C=O) groups excluding carboxylic acids is 1. The van der Waals surface area contributed by atoms with E-state index in [-0.39, 0.29) is 5.91 Å². The summed E-state index contributed by atoms with van der Waals surface area (Å²) >= 11 is 11.4. The molecule has 0 atom stereocenters. The number of carbonyl (C=O) groups is 1. The molecule has 0 aliphatic heterocycles. The normalized spacial score (nSPS) is 10.3. The minimum Gasteiger partial charge on any atom is -0.497 e. The van der Waals surface area contributed by atoms with Gasteiger partial charge in [-0.1, -0.05) is 12.1 Å². The average Bonchev–Trinajstić information content (AvgIpc) is 2.45. The van der Waals surface area contributed by atoms with E-state index in [4.69, 9.17) is 27.9 Å². The maximum absolute atomic E-state index is 12.0. The molecule has 1 aromatic rings. The first-order valence-corrected chi connectivity index (χ1v) is 7.30. The molecule has 1 aromatic carbocycles. The number of methoxy groups -OCH3 is 1. The molecule has 0 saturated heterocycles. The lowest BCUT2D eigenvalue weighted by Crippen LogP contribution is -2.34. The van der Waals surface area contributed by atoms with Crippen molar-refractivity contribution in [3.05, 3.63) is 29.8 Å². The summed E-state index contributed by atoms with van der Waals surface area (Å²) in [7, 11) is 1.63. The van der Waals surface area contributed by atoms with Gasteiger partial charge in [0.1, 0.15) is 5.75 Å². The molecule has 0 aliphatic carbocycles. The lowest BCUT2D eigenvalue weighted by atomic mass is 10.1. The molecule has 0 spiro atoms. The van der Waals surface area contributed by atoms with Crippen molar-refractivity contribution in [3.63, 3.8) is 0 Å². The van der Waals surface area contributed by atoms with E-state index in [1.165, 1.54) is 0 Å². The second-order valence-corrected chi connectivity index (χ2v) is 4.86. The van der Waals surface area contributed by atoms with Crippen LogP contribution in [0.5, 0.6) is 5.75 Å². The first-order chi connectivity index (χ1) is 9.21. The number of benzene rings is 1. The van der Waals surface area contributed by atoms with Crippen LogP contribution in [0.25, 0.3) is 0 Å². The molecule has 0 aliphatic rings. The van der Waals surface area contributed by atoms with Crippen LogP contribution in [0.15, 0.2) is 24.3 Å². The van der Waals surface area contributed by atoms with Crippen molar-refractivity contribution in [3.8, 4) is 5.75 Å². The summed E-state index contributed by atoms with van der Waals surface area (Å²) in [5, 5.41) is 0. The second kappa shape index (κ2) is 9.05. The predicted octanol–water partition coefficient (Wildman–Crippen LogP) is 2.93. The average molecular weight is 304 g/mol. The van der Waals surface area contributed by atoms with Gasteiger partial charge in [-0.05, 0) is 24.1 Å². The number of nitrogens with zero attached hydrogens (tertiary/aromatic N) is 1. The lowest BCUT2D eigenvalue weighted by Gasteiger charge is -2.20. The molecule has 0 N–H and O–H groups in total. The Balaban J connectivity index is 2.46. The van der Waals surface area contributed by atoms with Crippen molar-refractivity contribution in [2.75, 3.05) is 32.0 Å². The smallest absolute Gasteiger partial charge is 0.222 e. The molecular weight excluding hydrogens is 285 g/mol. The van der Waals surface area contributed by atoms with Crippen LogP contribution in [0.1, 0.15) is 12.0 Å². The maximum Gasteiger partial charge on any atom is 0.222 e. The zero-order valence-electron chi connectivity index (χ0n) is 11.1. The van der Waals surface area contributed by atoms with Crippen molar-refractivity contribution in [1.82, 2.24) is 4.90 Å². The standard InChI is InChI=1S/C14H19Cl2NO2/c1-19-13-5-2-12(3-6-13)4-7-14(18)17(10-8-15)11-9-16/h2-3,5-6H,4,7-11H2,1H3. The van der Waals surface area contributed by atoms with Crippen molar-refractivity contribution >= 4 is 29.1 Å². The second-order valence-electron chi connectivity index (χ2n) is 4.11. The van der Waals surface area contributed by atoms with Gasteiger partial charge in [-0.3, -0.25) is 4.79 Å². The van der Waals surface area contributed by atoms with Crippen molar-refractivity contribution in [2.45, 2.75) is 12.8 Å². The van der Waals surface area contributed by atoms with Gasteiger partial charge in [0.25, 0.3) is 0 Å². The Labute approximate surface area is 124 Å². The van der Waals surface area contributed by atoms with Gasteiger partial charge in [0, 0.05) is 31.3 Å². The third-order valence-electron chi connectivity index (χ3n) is 2.85. The lowest BCUT2D eigenvalue weighted by molar-refractivity contribution is -0.130. The highest BCUT2D eigenvalue weighted by Gasteiger charge is 2.12. The number of rotatable bonds is 8. The Morgan fingerprint density at radius 2 is 1.74 bits per heavy atom. The number of halogens is 2. The number of hydrogen-bond donors (Lipinski definition) is 0. The van der Waals surface area contributed by atoms with E-state index < -0.39 is 0 Å². The van der Waals surface area contributed by atoms with Crippen LogP contribution in [0, 0.1) is 0 Å². The van der Waals surface area contributed by atoms with E-state index in [2.05, 4.69) is 0 Å². The van der Waals surface area contributed by atoms with Gasteiger partial charge >= 0.3 is 0 Å². The Morgan fingerprint density at radius 3 is 2.21 bits per heavy atom. The molecule has 106 valence electrons. The van der Waals surface area contributed by atoms with E-state index in [0.717, 1.165) is 11.3 Å². The largest absolute Gasteiger partial charge is 0.497 e. The molecule has 19 heavy (non-hydrogen) atoms. The van der Waals surface area contributed by atoms with Crippen LogP contribution in [0.2, 0.25) is 0 Å². The van der Waals surface area contributed by atoms with E-state index in [1.807, 2.05) is 24.3 Å². The van der Waals surface area contributed by atoms with Crippen LogP contribution in [0.4, 0.5) is 0 Å². The first-order valence-electron chi connectivity index (χ1n) is 6.24. The topological polar surface area (TPSA) is 29.5 Å². The molecule has 0 fully saturated rings. The van der Waals surface area contributed by atoms with Gasteiger partial charge in [-0.2, -0.15) is 0 Å². The molecule has 3 nitrogen and oxygen atoms in total. The molecule has 0 aromatic heterocycles. The maximum atomic E-state index is 12.0. The fraction of sp³-hybridized carbons (Fsp3) is 0.500. The molecular formula is C14H19Cl2NO2. The van der Waals surface area contributed by atoms with Crippen molar-refractivity contribution in [2.24, 2.45) is 0 Å². The minimum atomic E-state index is 0.0946. The summed E-state index contributed by atoms with van der Waals surface area (Å²) in [6.07, 6.45) is 1.18. The molecule has 0 bridgehead atoms. The van der Waals surface area contributed by atoms with Crippen LogP contribution in [-0.4, -0.2) is 42.8 Å². The summed E-state index contributed by atoms with van der Waals surface area (Å²) in [6, 6.07) is 7.74. The Kier molecular flexibility index (Phi) is 7.68. The molecule has 1 rings (SSSR count). The fourth-order valence-electron chi connectivity index (χ4n) is 1.77. The number of ether oxygens (including phenoxy) is 1. The highest BCUT2D eigenvalue weighted by atomic mass is 35.5. The third kappa shape index (κ3) is 5.70. The molecule has 1 amide bonds. The van der Waals surface area contributed by atoms with Gasteiger partial charge in [0.15, 0.2) is 0 Å². The van der Waals surface area contributed by atoms with E-state index in [0.29, 0.717) is 37.7 Å². The summed E-state index contributed by atoms with van der Waals surface area (Å²) < 4.78 is 5.09. The zero-order valence-corrected chi connectivity index (χ0v) is 12.6. The van der Waals surface area contributed by atoms with Crippen molar-refractivity contribution in [1.29, 1.82) is 0 Å². The fourth-order valence-corrected chi connectivity index (χ4v) is 2.17. The molecule has 0 radical (unpaired) electrons. The minimum absolute atomic E-state index is 0.0946. The Morgan fingerprint density at radius 1 is 1.16 bits per heavy atom. The Hall–Kier alpha value is -0.930. The summed E-state index contributed by atoms with van der Waals surface area (Å²) in [5.41, 5.74) is 1.12. The van der Waals surface area contributed by atoms with Gasteiger partial charge < -0.3 is 9.64 Å². The quantitative estimate of drug-likeness (QED) is 0.691. The van der Waals surface area contributed by atoms with Gasteiger partial charge in [-0.15, -0.1) is 23.2 Å². The van der Waals surface area contributed by atoms with Crippen LogP contribution in [0.3, 0.4) is 0 Å². The summed E-state index contributed by atoms with van der Waals surface area (Å²) in [4.78, 5) is 13.7. The third-order valence-corrected chi connectivity index (χ3v) is 3.19. The number of amides is 1. The van der Waals surface area contributed by atoms with E-state index >= 15 is 0 Å². The van der Waals surface area contributed by atoms with Gasteiger partial charge in [-0.25, -0.2) is 0 Å². The molecule has 0 saturated carbocycles.